The lowest BCUT2D eigenvalue weighted by atomic mass is 10.0. The molecule has 0 fully saturated rings. The molecule has 2 nitrogen and oxygen atoms in total. The van der Waals surface area contributed by atoms with Crippen molar-refractivity contribution in [3.05, 3.63) is 71.5 Å². The Labute approximate surface area is 117 Å². The normalized spacial score (nSPS) is 11.2. The van der Waals surface area contributed by atoms with Crippen LogP contribution in [0.2, 0.25) is 0 Å². The average Bonchev–Trinajstić information content (AvgIpc) is 2.48. The second-order valence-corrected chi connectivity index (χ2v) is 4.20. The lowest BCUT2D eigenvalue weighted by Gasteiger charge is -2.07. The highest BCUT2D eigenvalue weighted by atomic mass is 19.1. The Hall–Kier alpha value is -2.42. The van der Waals surface area contributed by atoms with Gasteiger partial charge in [-0.05, 0) is 36.3 Å². The van der Waals surface area contributed by atoms with Crippen LogP contribution in [0.1, 0.15) is 18.1 Å². The van der Waals surface area contributed by atoms with Crippen LogP contribution in [-0.4, -0.2) is 12.6 Å². The Kier molecular flexibility index (Phi) is 4.66. The van der Waals surface area contributed by atoms with Gasteiger partial charge in [0, 0.05) is 0 Å². The molecule has 2 aromatic carbocycles. The zero-order chi connectivity index (χ0) is 14.4. The Morgan fingerprint density at radius 3 is 2.35 bits per heavy atom. The van der Waals surface area contributed by atoms with Gasteiger partial charge in [-0.25, -0.2) is 9.18 Å². The molecule has 20 heavy (non-hydrogen) atoms. The molecule has 0 aromatic heterocycles. The van der Waals surface area contributed by atoms with E-state index in [1.807, 2.05) is 30.3 Å². The van der Waals surface area contributed by atoms with Gasteiger partial charge >= 0.3 is 5.97 Å². The number of halogens is 1. The van der Waals surface area contributed by atoms with Gasteiger partial charge in [-0.3, -0.25) is 0 Å². The fourth-order valence-electron chi connectivity index (χ4n) is 1.81. The summed E-state index contributed by atoms with van der Waals surface area (Å²) in [6.45, 7) is 2.07. The third-order valence-corrected chi connectivity index (χ3v) is 2.76. The topological polar surface area (TPSA) is 26.3 Å². The van der Waals surface area contributed by atoms with Crippen LogP contribution in [0.3, 0.4) is 0 Å². The molecule has 2 rings (SSSR count). The Morgan fingerprint density at radius 1 is 1.10 bits per heavy atom. The molecule has 0 unspecified atom stereocenters. The highest BCUT2D eigenvalue weighted by Gasteiger charge is 2.12. The van der Waals surface area contributed by atoms with E-state index in [1.165, 1.54) is 12.1 Å². The lowest BCUT2D eigenvalue weighted by Crippen LogP contribution is -2.06. The van der Waals surface area contributed by atoms with E-state index in [2.05, 4.69) is 0 Å². The molecule has 0 bridgehead atoms. The molecular formula is C17H15FO2. The second kappa shape index (κ2) is 6.66. The minimum atomic E-state index is -0.386. The Morgan fingerprint density at radius 2 is 1.75 bits per heavy atom. The Bertz CT molecular complexity index is 601. The molecule has 0 amide bonds. The molecule has 102 valence electrons. The maximum absolute atomic E-state index is 12.9. The van der Waals surface area contributed by atoms with Crippen molar-refractivity contribution in [2.45, 2.75) is 6.92 Å². The van der Waals surface area contributed by atoms with Crippen molar-refractivity contribution in [3.8, 4) is 0 Å². The molecule has 0 radical (unpaired) electrons. The van der Waals surface area contributed by atoms with Crippen LogP contribution >= 0.6 is 0 Å². The molecular weight excluding hydrogens is 255 g/mol. The first-order valence-electron chi connectivity index (χ1n) is 6.40. The van der Waals surface area contributed by atoms with Gasteiger partial charge in [0.15, 0.2) is 0 Å². The summed E-state index contributed by atoms with van der Waals surface area (Å²) in [6.07, 6.45) is 1.70. The summed E-state index contributed by atoms with van der Waals surface area (Å²) < 4.78 is 18.0. The summed E-state index contributed by atoms with van der Waals surface area (Å²) in [6, 6.07) is 15.2. The minimum Gasteiger partial charge on any atom is -0.462 e. The first-order valence-corrected chi connectivity index (χ1v) is 6.40. The molecule has 0 aliphatic carbocycles. The van der Waals surface area contributed by atoms with E-state index < -0.39 is 0 Å². The third-order valence-electron chi connectivity index (χ3n) is 2.76. The molecule has 0 saturated carbocycles. The maximum atomic E-state index is 12.9. The molecule has 0 atom stereocenters. The Balaban J connectivity index is 2.41. The van der Waals surface area contributed by atoms with Crippen molar-refractivity contribution >= 4 is 17.6 Å². The number of carbonyl (C=O) groups is 1. The van der Waals surface area contributed by atoms with Crippen LogP contribution in [-0.2, 0) is 9.53 Å². The number of benzene rings is 2. The van der Waals surface area contributed by atoms with Crippen LogP contribution in [0.25, 0.3) is 11.6 Å². The highest BCUT2D eigenvalue weighted by Crippen LogP contribution is 2.20. The van der Waals surface area contributed by atoms with Crippen LogP contribution in [0.5, 0.6) is 0 Å². The van der Waals surface area contributed by atoms with E-state index in [-0.39, 0.29) is 11.8 Å². The average molecular weight is 270 g/mol. The van der Waals surface area contributed by atoms with Gasteiger partial charge in [-0.1, -0.05) is 42.5 Å². The maximum Gasteiger partial charge on any atom is 0.338 e. The van der Waals surface area contributed by atoms with Crippen molar-refractivity contribution in [1.29, 1.82) is 0 Å². The SMILES string of the molecule is CCOC(=O)C(=Cc1ccc(F)cc1)c1ccccc1. The second-order valence-electron chi connectivity index (χ2n) is 4.20. The number of rotatable bonds is 4. The van der Waals surface area contributed by atoms with Crippen molar-refractivity contribution in [2.24, 2.45) is 0 Å². The van der Waals surface area contributed by atoms with Gasteiger partial charge in [0.2, 0.25) is 0 Å². The van der Waals surface area contributed by atoms with Crippen molar-refractivity contribution in [2.75, 3.05) is 6.61 Å². The summed E-state index contributed by atoms with van der Waals surface area (Å²) in [5.74, 6) is -0.692. The largest absolute Gasteiger partial charge is 0.462 e. The minimum absolute atomic E-state index is 0.306. The zero-order valence-corrected chi connectivity index (χ0v) is 11.2. The van der Waals surface area contributed by atoms with Crippen LogP contribution in [0.4, 0.5) is 4.39 Å². The van der Waals surface area contributed by atoms with E-state index >= 15 is 0 Å². The van der Waals surface area contributed by atoms with Gasteiger partial charge in [0.1, 0.15) is 5.82 Å². The van der Waals surface area contributed by atoms with Gasteiger partial charge in [-0.15, -0.1) is 0 Å². The van der Waals surface area contributed by atoms with Gasteiger partial charge in [-0.2, -0.15) is 0 Å². The molecule has 0 saturated heterocycles. The summed E-state index contributed by atoms with van der Waals surface area (Å²) >= 11 is 0. The number of ether oxygens (including phenoxy) is 1. The van der Waals surface area contributed by atoms with E-state index in [0.29, 0.717) is 12.2 Å². The molecule has 3 heteroatoms. The lowest BCUT2D eigenvalue weighted by molar-refractivity contribution is -0.136. The summed E-state index contributed by atoms with van der Waals surface area (Å²) in [7, 11) is 0. The monoisotopic (exact) mass is 270 g/mol. The number of hydrogen-bond acceptors (Lipinski definition) is 2. The molecule has 0 aliphatic heterocycles. The van der Waals surface area contributed by atoms with Gasteiger partial charge in [0.25, 0.3) is 0 Å². The predicted octanol–water partition coefficient (Wildman–Crippen LogP) is 3.93. The highest BCUT2D eigenvalue weighted by molar-refractivity contribution is 6.21. The smallest absolute Gasteiger partial charge is 0.338 e. The zero-order valence-electron chi connectivity index (χ0n) is 11.2. The van der Waals surface area contributed by atoms with Gasteiger partial charge in [0.05, 0.1) is 12.2 Å². The molecule has 0 aliphatic rings. The van der Waals surface area contributed by atoms with Crippen LogP contribution in [0, 0.1) is 5.82 Å². The van der Waals surface area contributed by atoms with Gasteiger partial charge < -0.3 is 4.74 Å². The molecule has 0 spiro atoms. The van der Waals surface area contributed by atoms with E-state index in [4.69, 9.17) is 4.74 Å². The van der Waals surface area contributed by atoms with E-state index in [9.17, 15) is 9.18 Å². The number of esters is 1. The van der Waals surface area contributed by atoms with E-state index in [1.54, 1.807) is 25.1 Å². The van der Waals surface area contributed by atoms with Crippen molar-refractivity contribution < 1.29 is 13.9 Å². The third kappa shape index (κ3) is 3.54. The quantitative estimate of drug-likeness (QED) is 0.478. The summed E-state index contributed by atoms with van der Waals surface area (Å²) in [5, 5.41) is 0. The first kappa shape index (κ1) is 14.0. The van der Waals surface area contributed by atoms with E-state index in [0.717, 1.165) is 11.1 Å². The van der Waals surface area contributed by atoms with Crippen molar-refractivity contribution in [3.63, 3.8) is 0 Å². The fraction of sp³-hybridized carbons (Fsp3) is 0.118. The molecule has 2 aromatic rings. The van der Waals surface area contributed by atoms with Crippen molar-refractivity contribution in [1.82, 2.24) is 0 Å². The van der Waals surface area contributed by atoms with Crippen LogP contribution in [0.15, 0.2) is 54.6 Å². The number of carbonyl (C=O) groups excluding carboxylic acids is 1. The van der Waals surface area contributed by atoms with Crippen LogP contribution < -0.4 is 0 Å². The fourth-order valence-corrected chi connectivity index (χ4v) is 1.81. The predicted molar refractivity (Wildman–Crippen MR) is 77.3 cm³/mol. The molecule has 0 heterocycles. The summed E-state index contributed by atoms with van der Waals surface area (Å²) in [5.41, 5.74) is 1.98. The summed E-state index contributed by atoms with van der Waals surface area (Å²) in [4.78, 5) is 12.1. The first-order chi connectivity index (χ1) is 9.70. The number of hydrogen-bond donors (Lipinski definition) is 0. The standard InChI is InChI=1S/C17H15FO2/c1-2-20-17(19)16(14-6-4-3-5-7-14)12-13-8-10-15(18)11-9-13/h3-12H,2H2,1H3. The molecule has 0 N–H and O–H groups in total.